The van der Waals surface area contributed by atoms with Crippen molar-refractivity contribution in [2.24, 2.45) is 0 Å². The molecule has 0 aromatic heterocycles. The van der Waals surface area contributed by atoms with Gasteiger partial charge in [-0.2, -0.15) is 0 Å². The van der Waals surface area contributed by atoms with Gasteiger partial charge in [-0.3, -0.25) is 0 Å². The summed E-state index contributed by atoms with van der Waals surface area (Å²) in [6, 6.07) is 6.15. The summed E-state index contributed by atoms with van der Waals surface area (Å²) in [6.45, 7) is 0. The van der Waals surface area contributed by atoms with Crippen molar-refractivity contribution in [2.75, 3.05) is 0 Å². The first kappa shape index (κ1) is 17.0. The molecule has 0 amide bonds. The second kappa shape index (κ2) is 7.81. The zero-order chi connectivity index (χ0) is 5.98. The van der Waals surface area contributed by atoms with Crippen LogP contribution in [0.5, 0.6) is 11.5 Å². The Hall–Kier alpha value is -0.297. The first-order valence-corrected chi connectivity index (χ1v) is 2.27. The van der Waals surface area contributed by atoms with Crippen LogP contribution in [0.1, 0.15) is 0 Å². The molecule has 2 nitrogen and oxygen atoms in total. The predicted octanol–water partition coefficient (Wildman–Crippen LogP) is 2.00. The molecule has 1 aromatic carbocycles. The second-order valence-corrected chi connectivity index (χ2v) is 1.49. The smallest absolute Gasteiger partial charge is 0.504 e. The molecule has 0 aliphatic rings. The minimum absolute atomic E-state index is 0. The molecule has 1 rings (SSSR count). The van der Waals surface area contributed by atoms with Crippen LogP contribution in [0, 0.1) is 14.9 Å². The molecule has 11 heavy (non-hydrogen) atoms. The molecular formula is C8H12O2Zr. The molecule has 3 heteroatoms. The molecule has 0 saturated heterocycles. The fourth-order valence-electron chi connectivity index (χ4n) is 0.464. The number of benzene rings is 1. The fourth-order valence-corrected chi connectivity index (χ4v) is 0.464. The molecule has 0 saturated carbocycles. The molecule has 1 aromatic rings. The van der Waals surface area contributed by atoms with Crippen LogP contribution in [-0.4, -0.2) is 10.2 Å². The first-order chi connectivity index (χ1) is 3.80. The van der Waals surface area contributed by atoms with Gasteiger partial charge in [0.05, 0.1) is 0 Å². The summed E-state index contributed by atoms with van der Waals surface area (Å²) in [7, 11) is 0. The van der Waals surface area contributed by atoms with Gasteiger partial charge in [-0.1, -0.05) is 12.1 Å². The molecule has 0 unspecified atom stereocenters. The Kier molecular flexibility index (Phi) is 12.1. The first-order valence-electron chi connectivity index (χ1n) is 2.27. The molecule has 60 valence electrons. The van der Waals surface area contributed by atoms with Crippen LogP contribution < -0.4 is 0 Å². The van der Waals surface area contributed by atoms with Gasteiger partial charge >= 0.3 is 26.2 Å². The standard InChI is InChI=1S/C6H6O2.2CH3.Zr/c7-5-3-1-2-4-6(5)8;;;/h1-4,7-8H;2*1H3;/q;2*-1;+2. The molecule has 0 spiro atoms. The molecular weight excluding hydrogens is 219 g/mol. The van der Waals surface area contributed by atoms with Gasteiger partial charge in [-0.15, -0.1) is 0 Å². The van der Waals surface area contributed by atoms with E-state index in [1.165, 1.54) is 12.1 Å². The monoisotopic (exact) mass is 230 g/mol. The van der Waals surface area contributed by atoms with Gasteiger partial charge in [-0.05, 0) is 12.1 Å². The van der Waals surface area contributed by atoms with Gasteiger partial charge in [0.2, 0.25) is 0 Å². The summed E-state index contributed by atoms with van der Waals surface area (Å²) in [4.78, 5) is 0. The molecule has 0 aliphatic carbocycles. The van der Waals surface area contributed by atoms with E-state index in [1.54, 1.807) is 12.1 Å². The van der Waals surface area contributed by atoms with E-state index in [0.717, 1.165) is 0 Å². The van der Waals surface area contributed by atoms with Crippen LogP contribution in [0.3, 0.4) is 0 Å². The Morgan fingerprint density at radius 2 is 1.09 bits per heavy atom. The van der Waals surface area contributed by atoms with Crippen LogP contribution in [0.2, 0.25) is 0 Å². The molecule has 0 atom stereocenters. The van der Waals surface area contributed by atoms with Crippen LogP contribution >= 0.6 is 0 Å². The van der Waals surface area contributed by atoms with Crippen molar-refractivity contribution in [3.05, 3.63) is 39.1 Å². The molecule has 0 radical (unpaired) electrons. The average Bonchev–Trinajstić information content (AvgIpc) is 1.77. The SMILES string of the molecule is Oc1ccccc1O.[CH3-].[CH3-].[Zr+2]. The van der Waals surface area contributed by atoms with E-state index in [4.69, 9.17) is 10.2 Å². The van der Waals surface area contributed by atoms with E-state index in [-0.39, 0.29) is 52.6 Å². The molecule has 0 bridgehead atoms. The maximum atomic E-state index is 8.67. The Bertz CT molecular complexity index is 168. The summed E-state index contributed by atoms with van der Waals surface area (Å²) >= 11 is 0. The normalized spacial score (nSPS) is 6.55. The number of hydrogen-bond donors (Lipinski definition) is 2. The van der Waals surface area contributed by atoms with Gasteiger partial charge in [-0.25, -0.2) is 0 Å². The van der Waals surface area contributed by atoms with Crippen molar-refractivity contribution >= 4 is 0 Å². The van der Waals surface area contributed by atoms with Crippen LogP contribution in [0.15, 0.2) is 24.3 Å². The molecule has 0 aliphatic heterocycles. The maximum Gasteiger partial charge on any atom is 2.00 e. The summed E-state index contributed by atoms with van der Waals surface area (Å²) in [5.74, 6) is -0.153. The summed E-state index contributed by atoms with van der Waals surface area (Å²) in [6.07, 6.45) is 0. The third-order valence-corrected chi connectivity index (χ3v) is 0.882. The van der Waals surface area contributed by atoms with Gasteiger partial charge in [0.25, 0.3) is 0 Å². The van der Waals surface area contributed by atoms with Crippen molar-refractivity contribution in [1.82, 2.24) is 0 Å². The van der Waals surface area contributed by atoms with Crippen molar-refractivity contribution < 1.29 is 36.4 Å². The molecule has 0 fully saturated rings. The fraction of sp³-hybridized carbons (Fsp3) is 0. The number of phenolic OH excluding ortho intramolecular Hbond substituents is 2. The van der Waals surface area contributed by atoms with Crippen LogP contribution in [0.4, 0.5) is 0 Å². The van der Waals surface area contributed by atoms with Crippen molar-refractivity contribution in [3.8, 4) is 11.5 Å². The van der Waals surface area contributed by atoms with Crippen molar-refractivity contribution in [3.63, 3.8) is 0 Å². The van der Waals surface area contributed by atoms with Gasteiger partial charge in [0.1, 0.15) is 0 Å². The average molecular weight is 231 g/mol. The summed E-state index contributed by atoms with van der Waals surface area (Å²) < 4.78 is 0. The van der Waals surface area contributed by atoms with Crippen LogP contribution in [0.25, 0.3) is 0 Å². The van der Waals surface area contributed by atoms with Gasteiger partial charge < -0.3 is 25.1 Å². The van der Waals surface area contributed by atoms with Crippen LogP contribution in [-0.2, 0) is 26.2 Å². The van der Waals surface area contributed by atoms with E-state index < -0.39 is 0 Å². The van der Waals surface area contributed by atoms with E-state index in [2.05, 4.69) is 0 Å². The second-order valence-electron chi connectivity index (χ2n) is 1.49. The van der Waals surface area contributed by atoms with Crippen molar-refractivity contribution in [2.45, 2.75) is 0 Å². The minimum atomic E-state index is -0.0764. The zero-order valence-electron chi connectivity index (χ0n) is 6.70. The van der Waals surface area contributed by atoms with Gasteiger partial charge in [0, 0.05) is 0 Å². The summed E-state index contributed by atoms with van der Waals surface area (Å²) in [5, 5.41) is 17.3. The molecule has 2 N–H and O–H groups in total. The predicted molar refractivity (Wildman–Crippen MR) is 42.6 cm³/mol. The van der Waals surface area contributed by atoms with E-state index >= 15 is 0 Å². The van der Waals surface area contributed by atoms with E-state index in [0.29, 0.717) is 0 Å². The quantitative estimate of drug-likeness (QED) is 0.529. The zero-order valence-corrected chi connectivity index (χ0v) is 9.16. The maximum absolute atomic E-state index is 8.67. The number of para-hydroxylation sites is 2. The number of aromatic hydroxyl groups is 2. The molecule has 0 heterocycles. The number of phenols is 2. The minimum Gasteiger partial charge on any atom is -0.504 e. The van der Waals surface area contributed by atoms with Crippen molar-refractivity contribution in [1.29, 1.82) is 0 Å². The van der Waals surface area contributed by atoms with E-state index in [1.807, 2.05) is 0 Å². The van der Waals surface area contributed by atoms with E-state index in [9.17, 15) is 0 Å². The Balaban J connectivity index is -0.000000213. The number of rotatable bonds is 0. The van der Waals surface area contributed by atoms with Gasteiger partial charge in [0.15, 0.2) is 11.5 Å². The summed E-state index contributed by atoms with van der Waals surface area (Å²) in [5.41, 5.74) is 0. The topological polar surface area (TPSA) is 40.5 Å². The Morgan fingerprint density at radius 3 is 1.27 bits per heavy atom. The third-order valence-electron chi connectivity index (χ3n) is 0.882. The number of hydrogen-bond acceptors (Lipinski definition) is 2. The largest absolute Gasteiger partial charge is 2.00 e. The Morgan fingerprint density at radius 1 is 0.818 bits per heavy atom. The third kappa shape index (κ3) is 5.03. The Labute approximate surface area is 87.0 Å².